The fourth-order valence-electron chi connectivity index (χ4n) is 1.56. The van der Waals surface area contributed by atoms with Crippen LogP contribution in [-0.2, 0) is 6.54 Å². The Labute approximate surface area is 97.1 Å². The number of phenolic OH excluding ortho intramolecular Hbond substituents is 1. The first-order chi connectivity index (χ1) is 7.65. The lowest BCUT2D eigenvalue weighted by molar-refractivity contribution is 0.159. The molecule has 0 bridgehead atoms. The Hall–Kier alpha value is -1.06. The molecule has 0 saturated heterocycles. The zero-order chi connectivity index (χ0) is 12.0. The number of nitrogens with one attached hydrogen (secondary N) is 1. The highest BCUT2D eigenvalue weighted by molar-refractivity contribution is 5.39. The summed E-state index contributed by atoms with van der Waals surface area (Å²) < 4.78 is 0. The van der Waals surface area contributed by atoms with Crippen LogP contribution >= 0.6 is 0 Å². The van der Waals surface area contributed by atoms with E-state index in [0.29, 0.717) is 12.3 Å². The van der Waals surface area contributed by atoms with Gasteiger partial charge < -0.3 is 15.5 Å². The molecule has 90 valence electrons. The van der Waals surface area contributed by atoms with Crippen molar-refractivity contribution in [3.05, 3.63) is 29.3 Å². The highest BCUT2D eigenvalue weighted by Crippen LogP contribution is 2.20. The largest absolute Gasteiger partial charge is 0.507 e. The second-order valence-electron chi connectivity index (χ2n) is 4.11. The Kier molecular flexibility index (Phi) is 5.29. The van der Waals surface area contributed by atoms with Crippen molar-refractivity contribution in [2.45, 2.75) is 39.3 Å². The van der Waals surface area contributed by atoms with Crippen molar-refractivity contribution in [2.24, 2.45) is 0 Å². The van der Waals surface area contributed by atoms with Gasteiger partial charge in [-0.05, 0) is 31.9 Å². The van der Waals surface area contributed by atoms with Gasteiger partial charge in [0.25, 0.3) is 0 Å². The number of benzene rings is 1. The van der Waals surface area contributed by atoms with Crippen molar-refractivity contribution in [3.63, 3.8) is 0 Å². The van der Waals surface area contributed by atoms with Gasteiger partial charge in [0.1, 0.15) is 5.75 Å². The molecular weight excluding hydrogens is 202 g/mol. The zero-order valence-corrected chi connectivity index (χ0v) is 10.0. The first kappa shape index (κ1) is 13.0. The van der Waals surface area contributed by atoms with Crippen molar-refractivity contribution in [1.82, 2.24) is 5.32 Å². The molecule has 0 radical (unpaired) electrons. The van der Waals surface area contributed by atoms with Crippen LogP contribution in [0.2, 0.25) is 0 Å². The van der Waals surface area contributed by atoms with E-state index in [2.05, 4.69) is 5.32 Å². The number of aromatic hydroxyl groups is 1. The zero-order valence-electron chi connectivity index (χ0n) is 10.0. The third-order valence-electron chi connectivity index (χ3n) is 2.76. The van der Waals surface area contributed by atoms with Gasteiger partial charge in [-0.2, -0.15) is 0 Å². The summed E-state index contributed by atoms with van der Waals surface area (Å²) in [5.74, 6) is 0.367. The fourth-order valence-corrected chi connectivity index (χ4v) is 1.56. The lowest BCUT2D eigenvalue weighted by Gasteiger charge is -2.10. The van der Waals surface area contributed by atoms with E-state index in [4.69, 9.17) is 0 Å². The minimum Gasteiger partial charge on any atom is -0.507 e. The van der Waals surface area contributed by atoms with Crippen LogP contribution in [0, 0.1) is 6.92 Å². The predicted molar refractivity (Wildman–Crippen MR) is 65.5 cm³/mol. The summed E-state index contributed by atoms with van der Waals surface area (Å²) in [6.45, 7) is 5.27. The number of phenols is 1. The predicted octanol–water partition coefficient (Wildman–Crippen LogP) is 1.95. The lowest BCUT2D eigenvalue weighted by atomic mass is 10.1. The van der Waals surface area contributed by atoms with E-state index >= 15 is 0 Å². The van der Waals surface area contributed by atoms with Gasteiger partial charge in [-0.25, -0.2) is 0 Å². The summed E-state index contributed by atoms with van der Waals surface area (Å²) >= 11 is 0. The first-order valence-corrected chi connectivity index (χ1v) is 5.81. The van der Waals surface area contributed by atoms with Crippen molar-refractivity contribution < 1.29 is 10.2 Å². The summed E-state index contributed by atoms with van der Waals surface area (Å²) in [5, 5.41) is 22.3. The van der Waals surface area contributed by atoms with Crippen molar-refractivity contribution in [1.29, 1.82) is 0 Å². The van der Waals surface area contributed by atoms with Crippen LogP contribution in [-0.4, -0.2) is 22.9 Å². The van der Waals surface area contributed by atoms with Crippen molar-refractivity contribution in [3.8, 4) is 5.75 Å². The molecule has 1 aromatic rings. The Balaban J connectivity index is 2.35. The summed E-state index contributed by atoms with van der Waals surface area (Å²) in [6, 6.07) is 5.73. The van der Waals surface area contributed by atoms with E-state index in [1.54, 1.807) is 0 Å². The van der Waals surface area contributed by atoms with Gasteiger partial charge in [-0.3, -0.25) is 0 Å². The SMILES string of the molecule is CCC(O)CCNCc1cccc(C)c1O. The molecule has 1 atom stereocenters. The monoisotopic (exact) mass is 223 g/mol. The van der Waals surface area contributed by atoms with Crippen LogP contribution in [0.4, 0.5) is 0 Å². The van der Waals surface area contributed by atoms with E-state index in [0.717, 1.165) is 30.5 Å². The summed E-state index contributed by atoms with van der Waals surface area (Å²) in [4.78, 5) is 0. The Bertz CT molecular complexity index is 326. The Morgan fingerprint density at radius 1 is 1.38 bits per heavy atom. The molecule has 0 amide bonds. The average molecular weight is 223 g/mol. The molecule has 3 heteroatoms. The van der Waals surface area contributed by atoms with Crippen LogP contribution < -0.4 is 5.32 Å². The van der Waals surface area contributed by atoms with E-state index < -0.39 is 0 Å². The molecule has 1 rings (SSSR count). The van der Waals surface area contributed by atoms with E-state index in [9.17, 15) is 10.2 Å². The van der Waals surface area contributed by atoms with Crippen molar-refractivity contribution >= 4 is 0 Å². The van der Waals surface area contributed by atoms with Crippen LogP contribution in [0.3, 0.4) is 0 Å². The van der Waals surface area contributed by atoms with Crippen LogP contribution in [0.15, 0.2) is 18.2 Å². The molecule has 0 aliphatic heterocycles. The Morgan fingerprint density at radius 2 is 2.12 bits per heavy atom. The molecule has 3 N–H and O–H groups in total. The number of aliphatic hydroxyl groups excluding tert-OH is 1. The van der Waals surface area contributed by atoms with Gasteiger partial charge in [-0.1, -0.05) is 25.1 Å². The molecule has 0 fully saturated rings. The number of hydrogen-bond donors (Lipinski definition) is 3. The Morgan fingerprint density at radius 3 is 2.81 bits per heavy atom. The quantitative estimate of drug-likeness (QED) is 0.646. The van der Waals surface area contributed by atoms with Crippen molar-refractivity contribution in [2.75, 3.05) is 6.54 Å². The first-order valence-electron chi connectivity index (χ1n) is 5.81. The molecule has 0 aromatic heterocycles. The van der Waals surface area contributed by atoms with Gasteiger partial charge in [0.2, 0.25) is 0 Å². The third kappa shape index (κ3) is 3.83. The van der Waals surface area contributed by atoms with E-state index in [-0.39, 0.29) is 6.10 Å². The normalized spacial score (nSPS) is 12.7. The molecule has 0 aliphatic carbocycles. The minimum atomic E-state index is -0.224. The van der Waals surface area contributed by atoms with Gasteiger partial charge >= 0.3 is 0 Å². The standard InChI is InChI=1S/C13H21NO2/c1-3-12(15)7-8-14-9-11-6-4-5-10(2)13(11)16/h4-6,12,14-16H,3,7-9H2,1-2H3. The third-order valence-corrected chi connectivity index (χ3v) is 2.76. The van der Waals surface area contributed by atoms with Gasteiger partial charge in [0.15, 0.2) is 0 Å². The van der Waals surface area contributed by atoms with Crippen LogP contribution in [0.5, 0.6) is 5.75 Å². The molecular formula is C13H21NO2. The molecule has 0 saturated carbocycles. The highest BCUT2D eigenvalue weighted by Gasteiger charge is 2.03. The minimum absolute atomic E-state index is 0.224. The molecule has 0 heterocycles. The number of hydrogen-bond acceptors (Lipinski definition) is 3. The summed E-state index contributed by atoms with van der Waals surface area (Å²) in [5.41, 5.74) is 1.80. The average Bonchev–Trinajstić information content (AvgIpc) is 2.29. The molecule has 0 aliphatic rings. The number of aliphatic hydroxyl groups is 1. The van der Waals surface area contributed by atoms with E-state index in [1.807, 2.05) is 32.0 Å². The highest BCUT2D eigenvalue weighted by atomic mass is 16.3. The smallest absolute Gasteiger partial charge is 0.122 e. The second kappa shape index (κ2) is 6.51. The second-order valence-corrected chi connectivity index (χ2v) is 4.11. The number of aryl methyl sites for hydroxylation is 1. The van der Waals surface area contributed by atoms with Gasteiger partial charge in [0.05, 0.1) is 6.10 Å². The van der Waals surface area contributed by atoms with Gasteiger partial charge in [0, 0.05) is 12.1 Å². The van der Waals surface area contributed by atoms with Gasteiger partial charge in [-0.15, -0.1) is 0 Å². The molecule has 0 spiro atoms. The maximum absolute atomic E-state index is 9.76. The van der Waals surface area contributed by atoms with E-state index in [1.165, 1.54) is 0 Å². The summed E-state index contributed by atoms with van der Waals surface area (Å²) in [6.07, 6.45) is 1.32. The topological polar surface area (TPSA) is 52.5 Å². The molecule has 3 nitrogen and oxygen atoms in total. The lowest BCUT2D eigenvalue weighted by Crippen LogP contribution is -2.19. The van der Waals surface area contributed by atoms with Crippen LogP contribution in [0.1, 0.15) is 30.9 Å². The maximum atomic E-state index is 9.76. The van der Waals surface area contributed by atoms with Crippen LogP contribution in [0.25, 0.3) is 0 Å². The number of rotatable bonds is 6. The summed E-state index contributed by atoms with van der Waals surface area (Å²) in [7, 11) is 0. The molecule has 16 heavy (non-hydrogen) atoms. The fraction of sp³-hybridized carbons (Fsp3) is 0.538. The molecule has 1 aromatic carbocycles. The number of para-hydroxylation sites is 1. The maximum Gasteiger partial charge on any atom is 0.122 e. The molecule has 1 unspecified atom stereocenters.